The summed E-state index contributed by atoms with van der Waals surface area (Å²) in [5.74, 6) is -1.55. The summed E-state index contributed by atoms with van der Waals surface area (Å²) in [6, 6.07) is 7.25. The molecule has 0 aromatic heterocycles. The van der Waals surface area contributed by atoms with E-state index in [9.17, 15) is 17.2 Å². The highest BCUT2D eigenvalue weighted by Gasteiger charge is 2.19. The molecule has 2 N–H and O–H groups in total. The Morgan fingerprint density at radius 3 is 2.71 bits per heavy atom. The zero-order chi connectivity index (χ0) is 15.0. The van der Waals surface area contributed by atoms with Crippen molar-refractivity contribution >= 4 is 21.4 Å². The van der Waals surface area contributed by atoms with Gasteiger partial charge in [-0.2, -0.15) is 0 Å². The fraction of sp³-hybridized carbons (Fsp3) is 0.143. The third-order valence-electron chi connectivity index (χ3n) is 3.27. The van der Waals surface area contributed by atoms with Crippen LogP contribution in [0.3, 0.4) is 0 Å². The Bertz CT molecular complexity index is 807. The third-order valence-corrected chi connectivity index (χ3v) is 4.64. The Kier molecular flexibility index (Phi) is 3.29. The molecule has 110 valence electrons. The molecule has 0 unspecified atom stereocenters. The predicted molar refractivity (Wildman–Crippen MR) is 75.8 cm³/mol. The van der Waals surface area contributed by atoms with Crippen molar-refractivity contribution in [1.29, 1.82) is 0 Å². The van der Waals surface area contributed by atoms with Crippen LogP contribution in [-0.2, 0) is 16.4 Å². The molecule has 0 bridgehead atoms. The minimum absolute atomic E-state index is 0.000638. The molecule has 0 atom stereocenters. The molecule has 1 aliphatic heterocycles. The van der Waals surface area contributed by atoms with Crippen molar-refractivity contribution in [2.45, 2.75) is 11.3 Å². The van der Waals surface area contributed by atoms with Gasteiger partial charge in [-0.3, -0.25) is 4.72 Å². The van der Waals surface area contributed by atoms with Gasteiger partial charge < -0.3 is 5.32 Å². The Hall–Kier alpha value is -2.15. The molecule has 1 heterocycles. The van der Waals surface area contributed by atoms with Crippen LogP contribution < -0.4 is 10.0 Å². The quantitative estimate of drug-likeness (QED) is 0.916. The van der Waals surface area contributed by atoms with Crippen LogP contribution in [0.15, 0.2) is 41.3 Å². The average Bonchev–Trinajstić information content (AvgIpc) is 2.90. The number of rotatable bonds is 3. The Morgan fingerprint density at radius 2 is 1.90 bits per heavy atom. The highest BCUT2D eigenvalue weighted by atomic mass is 32.2. The SMILES string of the molecule is O=S(=O)(Nc1cc(F)ccc1F)c1ccc2c(c1)NCC2. The van der Waals surface area contributed by atoms with E-state index < -0.39 is 27.3 Å². The molecule has 0 saturated heterocycles. The van der Waals surface area contributed by atoms with Crippen molar-refractivity contribution in [2.75, 3.05) is 16.6 Å². The van der Waals surface area contributed by atoms with Crippen LogP contribution in [0.1, 0.15) is 5.56 Å². The molecular formula is C14H12F2N2O2S. The zero-order valence-electron chi connectivity index (χ0n) is 10.9. The maximum Gasteiger partial charge on any atom is 0.262 e. The van der Waals surface area contributed by atoms with E-state index in [1.165, 1.54) is 12.1 Å². The maximum atomic E-state index is 13.5. The fourth-order valence-corrected chi connectivity index (χ4v) is 3.30. The van der Waals surface area contributed by atoms with Crippen LogP contribution in [0.25, 0.3) is 0 Å². The van der Waals surface area contributed by atoms with Crippen molar-refractivity contribution < 1.29 is 17.2 Å². The van der Waals surface area contributed by atoms with Gasteiger partial charge in [0.1, 0.15) is 11.6 Å². The number of sulfonamides is 1. The van der Waals surface area contributed by atoms with Gasteiger partial charge >= 0.3 is 0 Å². The molecule has 2 aromatic rings. The topological polar surface area (TPSA) is 58.2 Å². The van der Waals surface area contributed by atoms with E-state index in [-0.39, 0.29) is 4.90 Å². The number of hydrogen-bond acceptors (Lipinski definition) is 3. The molecular weight excluding hydrogens is 298 g/mol. The fourth-order valence-electron chi connectivity index (χ4n) is 2.22. The first-order valence-electron chi connectivity index (χ1n) is 6.30. The van der Waals surface area contributed by atoms with Crippen molar-refractivity contribution in [3.63, 3.8) is 0 Å². The van der Waals surface area contributed by atoms with Crippen LogP contribution in [-0.4, -0.2) is 15.0 Å². The molecule has 3 rings (SSSR count). The molecule has 0 fully saturated rings. The van der Waals surface area contributed by atoms with E-state index in [0.717, 1.165) is 42.4 Å². The molecule has 7 heteroatoms. The zero-order valence-corrected chi connectivity index (χ0v) is 11.7. The van der Waals surface area contributed by atoms with Crippen molar-refractivity contribution in [1.82, 2.24) is 0 Å². The third kappa shape index (κ3) is 2.69. The lowest BCUT2D eigenvalue weighted by Crippen LogP contribution is -2.14. The van der Waals surface area contributed by atoms with Crippen LogP contribution in [0.2, 0.25) is 0 Å². The van der Waals surface area contributed by atoms with E-state index in [1.54, 1.807) is 6.07 Å². The summed E-state index contributed by atoms with van der Waals surface area (Å²) in [5, 5.41) is 3.07. The lowest BCUT2D eigenvalue weighted by atomic mass is 10.2. The summed E-state index contributed by atoms with van der Waals surface area (Å²) in [5.41, 5.74) is 1.37. The summed E-state index contributed by atoms with van der Waals surface area (Å²) in [7, 11) is -3.97. The molecule has 0 spiro atoms. The standard InChI is InChI=1S/C14H12F2N2O2S/c15-10-2-4-12(16)14(7-10)18-21(19,20)11-3-1-9-5-6-17-13(9)8-11/h1-4,7-8,17-18H,5-6H2. The summed E-state index contributed by atoms with van der Waals surface area (Å²) in [6.45, 7) is 0.755. The smallest absolute Gasteiger partial charge is 0.262 e. The first-order valence-corrected chi connectivity index (χ1v) is 7.79. The highest BCUT2D eigenvalue weighted by Crippen LogP contribution is 2.27. The van der Waals surface area contributed by atoms with Crippen molar-refractivity contribution in [2.24, 2.45) is 0 Å². The molecule has 0 amide bonds. The first-order chi connectivity index (χ1) is 9.95. The van der Waals surface area contributed by atoms with Gasteiger partial charge in [-0.1, -0.05) is 6.07 Å². The summed E-state index contributed by atoms with van der Waals surface area (Å²) >= 11 is 0. The molecule has 2 aromatic carbocycles. The molecule has 0 saturated carbocycles. The number of fused-ring (bicyclic) bond motifs is 1. The largest absolute Gasteiger partial charge is 0.384 e. The number of anilines is 2. The lowest BCUT2D eigenvalue weighted by molar-refractivity contribution is 0.594. The molecule has 0 aliphatic carbocycles. The number of benzene rings is 2. The number of halogens is 2. The van der Waals surface area contributed by atoms with Gasteiger partial charge in [0.2, 0.25) is 0 Å². The minimum atomic E-state index is -3.97. The van der Waals surface area contributed by atoms with Crippen molar-refractivity contribution in [3.05, 3.63) is 53.6 Å². The van der Waals surface area contributed by atoms with Crippen LogP contribution in [0.4, 0.5) is 20.2 Å². The molecule has 1 aliphatic rings. The highest BCUT2D eigenvalue weighted by molar-refractivity contribution is 7.92. The van der Waals surface area contributed by atoms with E-state index in [0.29, 0.717) is 0 Å². The minimum Gasteiger partial charge on any atom is -0.384 e. The van der Waals surface area contributed by atoms with Crippen LogP contribution in [0.5, 0.6) is 0 Å². The number of nitrogens with one attached hydrogen (secondary N) is 2. The average molecular weight is 310 g/mol. The van der Waals surface area contributed by atoms with E-state index in [4.69, 9.17) is 0 Å². The van der Waals surface area contributed by atoms with Gasteiger partial charge in [0.25, 0.3) is 10.0 Å². The van der Waals surface area contributed by atoms with Crippen molar-refractivity contribution in [3.8, 4) is 0 Å². The lowest BCUT2D eigenvalue weighted by Gasteiger charge is -2.10. The molecule has 0 radical (unpaired) electrons. The van der Waals surface area contributed by atoms with Crippen LogP contribution in [0, 0.1) is 11.6 Å². The van der Waals surface area contributed by atoms with Gasteiger partial charge in [0, 0.05) is 18.3 Å². The van der Waals surface area contributed by atoms with Gasteiger partial charge in [0.05, 0.1) is 10.6 Å². The summed E-state index contributed by atoms with van der Waals surface area (Å²) in [6.07, 6.45) is 0.835. The summed E-state index contributed by atoms with van der Waals surface area (Å²) in [4.78, 5) is -0.000638. The maximum absolute atomic E-state index is 13.5. The second-order valence-corrected chi connectivity index (χ2v) is 6.41. The predicted octanol–water partition coefficient (Wildman–Crippen LogP) is 2.73. The second kappa shape index (κ2) is 5.00. The van der Waals surface area contributed by atoms with Crippen LogP contribution >= 0.6 is 0 Å². The number of hydrogen-bond donors (Lipinski definition) is 2. The van der Waals surface area contributed by atoms with Gasteiger partial charge in [-0.05, 0) is 36.2 Å². The van der Waals surface area contributed by atoms with E-state index in [2.05, 4.69) is 10.0 Å². The van der Waals surface area contributed by atoms with Gasteiger partial charge in [0.15, 0.2) is 0 Å². The Morgan fingerprint density at radius 1 is 1.10 bits per heavy atom. The molecule has 4 nitrogen and oxygen atoms in total. The monoisotopic (exact) mass is 310 g/mol. The first kappa shape index (κ1) is 13.8. The Labute approximate surface area is 120 Å². The van der Waals surface area contributed by atoms with Gasteiger partial charge in [-0.15, -0.1) is 0 Å². The Balaban J connectivity index is 1.95. The summed E-state index contributed by atoms with van der Waals surface area (Å²) < 4.78 is 53.2. The van der Waals surface area contributed by atoms with E-state index >= 15 is 0 Å². The van der Waals surface area contributed by atoms with E-state index in [1.807, 2.05) is 0 Å². The molecule has 21 heavy (non-hydrogen) atoms. The van der Waals surface area contributed by atoms with Gasteiger partial charge in [-0.25, -0.2) is 17.2 Å². The second-order valence-electron chi connectivity index (χ2n) is 4.73. The normalized spacial score (nSPS) is 13.6.